The summed E-state index contributed by atoms with van der Waals surface area (Å²) in [6, 6.07) is 14.8. The van der Waals surface area contributed by atoms with Crippen LogP contribution in [-0.4, -0.2) is 6.54 Å². The molecule has 0 aliphatic heterocycles. The van der Waals surface area contributed by atoms with Crippen LogP contribution in [0, 0.1) is 0 Å². The number of hydrogen-bond acceptors (Lipinski definition) is 2. The summed E-state index contributed by atoms with van der Waals surface area (Å²) in [5, 5.41) is 3.43. The first-order valence-corrected chi connectivity index (χ1v) is 9.02. The summed E-state index contributed by atoms with van der Waals surface area (Å²) < 4.78 is 2.30. The van der Waals surface area contributed by atoms with Gasteiger partial charge in [0.05, 0.1) is 0 Å². The van der Waals surface area contributed by atoms with Crippen LogP contribution in [0.15, 0.2) is 61.2 Å². The largest absolute Gasteiger partial charge is 0.313 e. The molecule has 0 fully saturated rings. The average molecular weight is 415 g/mol. The Hall–Kier alpha value is -0.290. The van der Waals surface area contributed by atoms with Crippen molar-refractivity contribution in [3.8, 4) is 0 Å². The first-order valence-electron chi connectivity index (χ1n) is 6.62. The van der Waals surface area contributed by atoms with Crippen molar-refractivity contribution in [2.45, 2.75) is 29.7 Å². The molecule has 0 saturated heterocycles. The van der Waals surface area contributed by atoms with Gasteiger partial charge in [-0.15, -0.1) is 0 Å². The molecule has 2 aromatic rings. The number of hydrogen-bond donors (Lipinski definition) is 1. The summed E-state index contributed by atoms with van der Waals surface area (Å²) in [4.78, 5) is 2.47. The van der Waals surface area contributed by atoms with E-state index >= 15 is 0 Å². The topological polar surface area (TPSA) is 12.0 Å². The Morgan fingerprint density at radius 1 is 1.05 bits per heavy atom. The zero-order valence-corrected chi connectivity index (χ0v) is 15.3. The predicted molar refractivity (Wildman–Crippen MR) is 94.4 cm³/mol. The maximum absolute atomic E-state index is 3.67. The Labute approximate surface area is 141 Å². The van der Waals surface area contributed by atoms with Crippen LogP contribution in [0.2, 0.25) is 0 Å². The van der Waals surface area contributed by atoms with E-state index < -0.39 is 0 Å². The predicted octanol–water partition coefficient (Wildman–Crippen LogP) is 5.86. The van der Waals surface area contributed by atoms with Gasteiger partial charge in [-0.3, -0.25) is 0 Å². The molecule has 0 atom stereocenters. The van der Waals surface area contributed by atoms with Gasteiger partial charge in [0.15, 0.2) is 0 Å². The van der Waals surface area contributed by atoms with Gasteiger partial charge in [-0.1, -0.05) is 52.8 Å². The van der Waals surface area contributed by atoms with Crippen molar-refractivity contribution in [3.63, 3.8) is 0 Å². The van der Waals surface area contributed by atoms with E-state index in [9.17, 15) is 0 Å². The molecule has 4 heteroatoms. The van der Waals surface area contributed by atoms with E-state index in [2.05, 4.69) is 80.5 Å². The third-order valence-corrected chi connectivity index (χ3v) is 5.59. The van der Waals surface area contributed by atoms with Crippen LogP contribution in [0.1, 0.15) is 18.9 Å². The van der Waals surface area contributed by atoms with Crippen molar-refractivity contribution in [2.75, 3.05) is 6.54 Å². The lowest BCUT2D eigenvalue weighted by Crippen LogP contribution is -2.14. The van der Waals surface area contributed by atoms with Crippen LogP contribution >= 0.6 is 43.6 Å². The zero-order valence-electron chi connectivity index (χ0n) is 11.3. The zero-order chi connectivity index (χ0) is 14.4. The molecule has 0 aliphatic rings. The van der Waals surface area contributed by atoms with Gasteiger partial charge >= 0.3 is 0 Å². The fourth-order valence-electron chi connectivity index (χ4n) is 1.79. The highest BCUT2D eigenvalue weighted by Crippen LogP contribution is 2.35. The molecule has 2 aromatic carbocycles. The van der Waals surface area contributed by atoms with Crippen LogP contribution in [0.4, 0.5) is 0 Å². The quantitative estimate of drug-likeness (QED) is 0.593. The average Bonchev–Trinajstić information content (AvgIpc) is 2.44. The molecule has 0 saturated carbocycles. The Morgan fingerprint density at radius 2 is 1.85 bits per heavy atom. The molecule has 2 rings (SSSR count). The molecule has 1 nitrogen and oxygen atoms in total. The summed E-state index contributed by atoms with van der Waals surface area (Å²) in [6.07, 6.45) is 1.16. The van der Waals surface area contributed by atoms with Gasteiger partial charge in [0.2, 0.25) is 0 Å². The third-order valence-electron chi connectivity index (χ3n) is 2.83. The van der Waals surface area contributed by atoms with Crippen molar-refractivity contribution in [3.05, 3.63) is 57.0 Å². The highest BCUT2D eigenvalue weighted by Gasteiger charge is 2.05. The van der Waals surface area contributed by atoms with Gasteiger partial charge in [-0.25, -0.2) is 0 Å². The maximum atomic E-state index is 3.67. The molecule has 0 radical (unpaired) electrons. The van der Waals surface area contributed by atoms with Crippen molar-refractivity contribution >= 4 is 43.6 Å². The lowest BCUT2D eigenvalue weighted by atomic mass is 10.2. The Morgan fingerprint density at radius 3 is 2.55 bits per heavy atom. The van der Waals surface area contributed by atoms with E-state index in [1.165, 1.54) is 15.4 Å². The van der Waals surface area contributed by atoms with Crippen molar-refractivity contribution in [1.82, 2.24) is 5.32 Å². The number of benzene rings is 2. The molecule has 0 unspecified atom stereocenters. The van der Waals surface area contributed by atoms with Crippen molar-refractivity contribution < 1.29 is 0 Å². The summed E-state index contributed by atoms with van der Waals surface area (Å²) in [7, 11) is 0. The molecule has 0 heterocycles. The molecular weight excluding hydrogens is 398 g/mol. The molecule has 0 amide bonds. The van der Waals surface area contributed by atoms with Gasteiger partial charge < -0.3 is 5.32 Å². The second-order valence-electron chi connectivity index (χ2n) is 4.46. The fourth-order valence-corrected chi connectivity index (χ4v) is 3.87. The molecule has 1 N–H and O–H groups in total. The molecule has 0 spiro atoms. The first kappa shape index (κ1) is 16.1. The van der Waals surface area contributed by atoms with E-state index in [1.54, 1.807) is 11.8 Å². The second-order valence-corrected chi connectivity index (χ2v) is 7.29. The van der Waals surface area contributed by atoms with Gasteiger partial charge in [-0.05, 0) is 58.7 Å². The second kappa shape index (κ2) is 8.23. The highest BCUT2D eigenvalue weighted by atomic mass is 79.9. The van der Waals surface area contributed by atoms with E-state index in [0.29, 0.717) is 0 Å². The summed E-state index contributed by atoms with van der Waals surface area (Å²) >= 11 is 9.02. The lowest BCUT2D eigenvalue weighted by Gasteiger charge is -2.09. The van der Waals surface area contributed by atoms with E-state index in [0.717, 1.165) is 28.5 Å². The normalized spacial score (nSPS) is 10.8. The number of halogens is 2. The number of nitrogens with one attached hydrogen (secondary N) is 1. The van der Waals surface area contributed by atoms with Crippen LogP contribution in [0.25, 0.3) is 0 Å². The van der Waals surface area contributed by atoms with E-state index in [1.807, 2.05) is 6.07 Å². The molecule has 20 heavy (non-hydrogen) atoms. The Bertz CT molecular complexity index is 572. The molecule has 0 aliphatic carbocycles. The maximum Gasteiger partial charge on any atom is 0.0314 e. The van der Waals surface area contributed by atoms with Gasteiger partial charge in [0.1, 0.15) is 0 Å². The van der Waals surface area contributed by atoms with Gasteiger partial charge in [-0.2, -0.15) is 0 Å². The monoisotopic (exact) mass is 413 g/mol. The summed E-state index contributed by atoms with van der Waals surface area (Å²) in [5.41, 5.74) is 1.30. The SMILES string of the molecule is CCCNCc1ccc(Sc2ccccc2Br)cc1Br. The molecule has 106 valence electrons. The van der Waals surface area contributed by atoms with Gasteiger partial charge in [0, 0.05) is 25.3 Å². The van der Waals surface area contributed by atoms with Crippen molar-refractivity contribution in [2.24, 2.45) is 0 Å². The smallest absolute Gasteiger partial charge is 0.0314 e. The Kier molecular flexibility index (Phi) is 6.62. The van der Waals surface area contributed by atoms with Crippen LogP contribution in [-0.2, 0) is 6.54 Å². The number of rotatable bonds is 6. The third kappa shape index (κ3) is 4.62. The van der Waals surface area contributed by atoms with E-state index in [-0.39, 0.29) is 0 Å². The minimum Gasteiger partial charge on any atom is -0.313 e. The molecule has 0 aromatic heterocycles. The minimum absolute atomic E-state index is 0.911. The standard InChI is InChI=1S/C16H17Br2NS/c1-2-9-19-11-12-7-8-13(10-15(12)18)20-16-6-4-3-5-14(16)17/h3-8,10,19H,2,9,11H2,1H3. The highest BCUT2D eigenvalue weighted by molar-refractivity contribution is 9.10. The van der Waals surface area contributed by atoms with E-state index in [4.69, 9.17) is 0 Å². The molecule has 0 bridgehead atoms. The van der Waals surface area contributed by atoms with Gasteiger partial charge in [0.25, 0.3) is 0 Å². The van der Waals surface area contributed by atoms with Crippen molar-refractivity contribution in [1.29, 1.82) is 0 Å². The van der Waals surface area contributed by atoms with Crippen LogP contribution in [0.3, 0.4) is 0 Å². The van der Waals surface area contributed by atoms with Crippen LogP contribution < -0.4 is 5.32 Å². The Balaban J connectivity index is 2.07. The van der Waals surface area contributed by atoms with Crippen LogP contribution in [0.5, 0.6) is 0 Å². The first-order chi connectivity index (χ1) is 9.70. The molecular formula is C16H17Br2NS. The lowest BCUT2D eigenvalue weighted by molar-refractivity contribution is 0.673. The summed E-state index contributed by atoms with van der Waals surface area (Å²) in [6.45, 7) is 4.15. The summed E-state index contributed by atoms with van der Waals surface area (Å²) in [5.74, 6) is 0. The minimum atomic E-state index is 0.911. The fraction of sp³-hybridized carbons (Fsp3) is 0.250.